The number of benzene rings is 2. The van der Waals surface area contributed by atoms with Gasteiger partial charge in [-0.15, -0.1) is 0 Å². The second-order valence-corrected chi connectivity index (χ2v) is 8.25. The lowest BCUT2D eigenvalue weighted by atomic mass is 10.3. The molecule has 0 saturated heterocycles. The molecule has 0 amide bonds. The third kappa shape index (κ3) is 9.40. The zero-order chi connectivity index (χ0) is 16.7. The van der Waals surface area contributed by atoms with Crippen LogP contribution in [0, 0.1) is 6.42 Å². The number of hydrogen-bond acceptors (Lipinski definition) is 2. The third-order valence-electron chi connectivity index (χ3n) is 3.07. The molecule has 1 unspecified atom stereocenters. The lowest BCUT2D eigenvalue weighted by Gasteiger charge is -2.03. The summed E-state index contributed by atoms with van der Waals surface area (Å²) in [5.41, 5.74) is 6.39. The molecule has 2 aliphatic rings. The van der Waals surface area contributed by atoms with E-state index in [1.165, 1.54) is 18.5 Å². The van der Waals surface area contributed by atoms with E-state index in [9.17, 15) is 0 Å². The molecule has 122 valence electrons. The highest BCUT2D eigenvalue weighted by atomic mass is 79.9. The van der Waals surface area contributed by atoms with Crippen molar-refractivity contribution in [2.75, 3.05) is 5.32 Å². The van der Waals surface area contributed by atoms with Crippen LogP contribution >= 0.6 is 47.8 Å². The van der Waals surface area contributed by atoms with Crippen LogP contribution in [0.1, 0.15) is 19.3 Å². The van der Waals surface area contributed by atoms with Gasteiger partial charge in [-0.1, -0.05) is 59.9 Å². The predicted molar refractivity (Wildman–Crippen MR) is 110 cm³/mol. The number of hydrogen-bond donors (Lipinski definition) is 2. The Bertz CT molecular complexity index is 593. The van der Waals surface area contributed by atoms with Gasteiger partial charge in [-0.2, -0.15) is 0 Å². The second kappa shape index (κ2) is 9.72. The Morgan fingerprint density at radius 2 is 1.39 bits per heavy atom. The predicted octanol–water partition coefficient (Wildman–Crippen LogP) is 6.16. The molecular weight excluding hydrogens is 484 g/mol. The summed E-state index contributed by atoms with van der Waals surface area (Å²) >= 11 is 10.1. The average Bonchev–Trinajstić information content (AvgIpc) is 3.39. The number of nitrogens with one attached hydrogen (secondary N) is 1. The van der Waals surface area contributed by atoms with Crippen LogP contribution in [0.5, 0.6) is 0 Å². The van der Waals surface area contributed by atoms with Gasteiger partial charge in [0.1, 0.15) is 12.8 Å². The first-order valence-electron chi connectivity index (χ1n) is 7.55. The molecule has 1 atom stereocenters. The van der Waals surface area contributed by atoms with Gasteiger partial charge in [0, 0.05) is 25.1 Å². The van der Waals surface area contributed by atoms with E-state index >= 15 is 0 Å². The topological polar surface area (TPSA) is 38.0 Å². The van der Waals surface area contributed by atoms with Crippen LogP contribution in [0.3, 0.4) is 0 Å². The normalized spacial score (nSPS) is 17.7. The number of rotatable bonds is 2. The monoisotopic (exact) mass is 501 g/mol. The minimum absolute atomic E-state index is 0.458. The largest absolute Gasteiger partial charge is 0.382 e. The standard InChI is InChI=1S/C9H10BrN.C6H4Br2.C3H6N/c10-7-2-1-3-9(6-7)11-8-4-5-8;7-5-2-1-3-6(8)4-5;4-3-1-2-3/h1-3,6,8,11H,4-5H2;1-4H;1,3H,2,4H2/q;;+1. The third-order valence-corrected chi connectivity index (χ3v) is 4.55. The molecule has 2 aliphatic carbocycles. The fourth-order valence-corrected chi connectivity index (χ4v) is 3.09. The maximum atomic E-state index is 5.17. The van der Waals surface area contributed by atoms with E-state index in [-0.39, 0.29) is 0 Å². The Morgan fingerprint density at radius 3 is 1.74 bits per heavy atom. The van der Waals surface area contributed by atoms with Crippen LogP contribution in [0.15, 0.2) is 61.9 Å². The SMILES string of the molecule is Brc1cccc(Br)c1.Brc1cccc(NC2CC2)c1.NC1[CH+]C1. The van der Waals surface area contributed by atoms with Gasteiger partial charge in [-0.25, -0.2) is 0 Å². The van der Waals surface area contributed by atoms with Crippen LogP contribution in [-0.2, 0) is 0 Å². The summed E-state index contributed by atoms with van der Waals surface area (Å²) in [7, 11) is 0. The smallest absolute Gasteiger partial charge is 0.187 e. The molecule has 2 fully saturated rings. The Morgan fingerprint density at radius 1 is 0.913 bits per heavy atom. The van der Waals surface area contributed by atoms with E-state index in [4.69, 9.17) is 5.73 Å². The molecule has 2 nitrogen and oxygen atoms in total. The summed E-state index contributed by atoms with van der Waals surface area (Å²) in [4.78, 5) is 0. The number of halogens is 3. The van der Waals surface area contributed by atoms with Crippen LogP contribution in [-0.4, -0.2) is 12.1 Å². The molecule has 2 saturated carbocycles. The molecule has 0 spiro atoms. The Labute approximate surface area is 163 Å². The van der Waals surface area contributed by atoms with Gasteiger partial charge in [-0.05, 0) is 49.2 Å². The number of nitrogens with two attached hydrogens (primary N) is 1. The maximum absolute atomic E-state index is 5.17. The van der Waals surface area contributed by atoms with Gasteiger partial charge in [0.2, 0.25) is 0 Å². The first-order valence-corrected chi connectivity index (χ1v) is 9.93. The van der Waals surface area contributed by atoms with Crippen molar-refractivity contribution in [3.05, 3.63) is 68.4 Å². The minimum Gasteiger partial charge on any atom is -0.382 e. The van der Waals surface area contributed by atoms with E-state index in [0.717, 1.165) is 25.9 Å². The molecule has 23 heavy (non-hydrogen) atoms. The van der Waals surface area contributed by atoms with Gasteiger partial charge >= 0.3 is 0 Å². The first kappa shape index (κ1) is 18.8. The quantitative estimate of drug-likeness (QED) is 0.482. The van der Waals surface area contributed by atoms with Crippen LogP contribution in [0.4, 0.5) is 5.69 Å². The zero-order valence-electron chi connectivity index (χ0n) is 12.7. The molecule has 0 aromatic heterocycles. The van der Waals surface area contributed by atoms with Crippen molar-refractivity contribution in [2.45, 2.75) is 31.3 Å². The summed E-state index contributed by atoms with van der Waals surface area (Å²) in [6, 6.07) is 17.5. The molecular formula is C18H20Br3N2+. The molecule has 0 heterocycles. The van der Waals surface area contributed by atoms with Gasteiger partial charge in [0.15, 0.2) is 6.04 Å². The van der Waals surface area contributed by atoms with Gasteiger partial charge in [0.05, 0.1) is 0 Å². The van der Waals surface area contributed by atoms with Crippen molar-refractivity contribution in [2.24, 2.45) is 5.73 Å². The van der Waals surface area contributed by atoms with Gasteiger partial charge in [0.25, 0.3) is 0 Å². The van der Waals surface area contributed by atoms with E-state index in [1.807, 2.05) is 30.3 Å². The maximum Gasteiger partial charge on any atom is 0.187 e. The zero-order valence-corrected chi connectivity index (χ0v) is 17.4. The summed E-state index contributed by atoms with van der Waals surface area (Å²) < 4.78 is 3.35. The highest BCUT2D eigenvalue weighted by Gasteiger charge is 2.29. The van der Waals surface area contributed by atoms with E-state index < -0.39 is 0 Å². The van der Waals surface area contributed by atoms with Crippen LogP contribution in [0.2, 0.25) is 0 Å². The summed E-state index contributed by atoms with van der Waals surface area (Å²) in [5.74, 6) is 0. The highest BCUT2D eigenvalue weighted by molar-refractivity contribution is 9.11. The molecule has 0 aliphatic heterocycles. The van der Waals surface area contributed by atoms with Gasteiger partial charge < -0.3 is 5.32 Å². The van der Waals surface area contributed by atoms with Crippen molar-refractivity contribution in [1.82, 2.24) is 0 Å². The number of anilines is 1. The van der Waals surface area contributed by atoms with E-state index in [1.54, 1.807) is 0 Å². The first-order chi connectivity index (χ1) is 11.0. The fourth-order valence-electron chi connectivity index (χ4n) is 1.58. The average molecular weight is 504 g/mol. The molecule has 0 bridgehead atoms. The molecule has 3 N–H and O–H groups in total. The second-order valence-electron chi connectivity index (χ2n) is 5.50. The Kier molecular flexibility index (Phi) is 7.96. The van der Waals surface area contributed by atoms with Crippen molar-refractivity contribution in [3.8, 4) is 0 Å². The summed E-state index contributed by atoms with van der Waals surface area (Å²) in [6.45, 7) is 0. The molecule has 0 radical (unpaired) electrons. The van der Waals surface area contributed by atoms with E-state index in [0.29, 0.717) is 6.04 Å². The van der Waals surface area contributed by atoms with Gasteiger partial charge in [-0.3, -0.25) is 5.73 Å². The van der Waals surface area contributed by atoms with Crippen molar-refractivity contribution >= 4 is 53.5 Å². The highest BCUT2D eigenvalue weighted by Crippen LogP contribution is 2.25. The lowest BCUT2D eigenvalue weighted by Crippen LogP contribution is -1.99. The lowest BCUT2D eigenvalue weighted by molar-refractivity contribution is 1.10. The fraction of sp³-hybridized carbons (Fsp3) is 0.278. The minimum atomic E-state index is 0.458. The summed E-state index contributed by atoms with van der Waals surface area (Å²) in [6.07, 6.45) is 5.86. The van der Waals surface area contributed by atoms with Crippen LogP contribution < -0.4 is 11.1 Å². The molecule has 2 aromatic carbocycles. The van der Waals surface area contributed by atoms with E-state index in [2.05, 4.69) is 77.7 Å². The van der Waals surface area contributed by atoms with Crippen molar-refractivity contribution in [3.63, 3.8) is 0 Å². The van der Waals surface area contributed by atoms with Crippen molar-refractivity contribution in [1.29, 1.82) is 0 Å². The van der Waals surface area contributed by atoms with Crippen LogP contribution in [0.25, 0.3) is 0 Å². The Balaban J connectivity index is 0.000000140. The molecule has 2 aromatic rings. The molecule has 4 rings (SSSR count). The summed E-state index contributed by atoms with van der Waals surface area (Å²) in [5, 5.41) is 3.43. The molecule has 5 heteroatoms. The van der Waals surface area contributed by atoms with Crippen molar-refractivity contribution < 1.29 is 0 Å². The Hall–Kier alpha value is -0.490.